The minimum absolute atomic E-state index is 0.144. The molecule has 1 atom stereocenters. The fourth-order valence-electron chi connectivity index (χ4n) is 1.15. The molecule has 0 saturated carbocycles. The molecular formula is C12H24N4O2. The minimum atomic E-state index is 0.144. The van der Waals surface area contributed by atoms with E-state index in [4.69, 9.17) is 9.15 Å². The summed E-state index contributed by atoms with van der Waals surface area (Å²) in [6.45, 7) is 10.6. The van der Waals surface area contributed by atoms with Gasteiger partial charge in [0.2, 0.25) is 5.89 Å². The molecule has 6 heteroatoms. The second-order valence-corrected chi connectivity index (χ2v) is 5.40. The largest absolute Gasteiger partial charge is 0.407 e. The monoisotopic (exact) mass is 256 g/mol. The highest BCUT2D eigenvalue weighted by Crippen LogP contribution is 2.22. The Kier molecular flexibility index (Phi) is 5.55. The van der Waals surface area contributed by atoms with Crippen LogP contribution in [0.15, 0.2) is 4.42 Å². The number of aromatic nitrogens is 2. The van der Waals surface area contributed by atoms with Crippen LogP contribution in [0.4, 0.5) is 6.01 Å². The summed E-state index contributed by atoms with van der Waals surface area (Å²) < 4.78 is 10.4. The average Bonchev–Trinajstić information content (AvgIpc) is 2.71. The van der Waals surface area contributed by atoms with E-state index in [9.17, 15) is 0 Å². The van der Waals surface area contributed by atoms with E-state index in [1.807, 2.05) is 0 Å². The van der Waals surface area contributed by atoms with Crippen molar-refractivity contribution in [2.45, 2.75) is 40.3 Å². The zero-order valence-corrected chi connectivity index (χ0v) is 11.9. The van der Waals surface area contributed by atoms with Gasteiger partial charge in [0.1, 0.15) is 0 Å². The highest BCUT2D eigenvalue weighted by molar-refractivity contribution is 5.20. The SMILES string of the molecule is COCCNCc1nnc(NC(C)C(C)(C)C)o1. The predicted octanol–water partition coefficient (Wildman–Crippen LogP) is 1.65. The summed E-state index contributed by atoms with van der Waals surface area (Å²) in [5, 5.41) is 14.3. The molecule has 18 heavy (non-hydrogen) atoms. The first-order valence-corrected chi connectivity index (χ1v) is 6.22. The summed E-state index contributed by atoms with van der Waals surface area (Å²) in [4.78, 5) is 0. The van der Waals surface area contributed by atoms with Gasteiger partial charge in [-0.25, -0.2) is 0 Å². The molecule has 104 valence electrons. The van der Waals surface area contributed by atoms with Gasteiger partial charge in [-0.15, -0.1) is 5.10 Å². The molecular weight excluding hydrogens is 232 g/mol. The van der Waals surface area contributed by atoms with Crippen LogP contribution in [0.5, 0.6) is 0 Å². The summed E-state index contributed by atoms with van der Waals surface area (Å²) in [5.74, 6) is 0.578. The Balaban J connectivity index is 2.39. The first kappa shape index (κ1) is 14.9. The topological polar surface area (TPSA) is 72.2 Å². The van der Waals surface area contributed by atoms with Gasteiger partial charge in [-0.3, -0.25) is 0 Å². The molecule has 0 saturated heterocycles. The standard InChI is InChI=1S/C12H24N4O2/c1-9(12(2,3)4)14-11-16-15-10(18-11)8-13-6-7-17-5/h9,13H,6-8H2,1-5H3,(H,14,16). The minimum Gasteiger partial charge on any atom is -0.407 e. The zero-order valence-electron chi connectivity index (χ0n) is 11.9. The number of rotatable bonds is 7. The molecule has 0 radical (unpaired) electrons. The third-order valence-electron chi connectivity index (χ3n) is 2.87. The van der Waals surface area contributed by atoms with Crippen molar-refractivity contribution in [3.8, 4) is 0 Å². The molecule has 1 aromatic heterocycles. The summed E-state index contributed by atoms with van der Waals surface area (Å²) >= 11 is 0. The quantitative estimate of drug-likeness (QED) is 0.723. The fraction of sp³-hybridized carbons (Fsp3) is 0.833. The molecule has 0 aliphatic rings. The van der Waals surface area contributed by atoms with Crippen molar-refractivity contribution < 1.29 is 9.15 Å². The zero-order chi connectivity index (χ0) is 13.6. The molecule has 0 fully saturated rings. The van der Waals surface area contributed by atoms with Crippen LogP contribution in [0, 0.1) is 5.41 Å². The molecule has 0 bridgehead atoms. The molecule has 1 aromatic rings. The number of hydrogen-bond acceptors (Lipinski definition) is 6. The van der Waals surface area contributed by atoms with Gasteiger partial charge in [-0.1, -0.05) is 25.9 Å². The van der Waals surface area contributed by atoms with Gasteiger partial charge in [0.05, 0.1) is 13.2 Å². The molecule has 2 N–H and O–H groups in total. The van der Waals surface area contributed by atoms with Crippen LogP contribution in [0.1, 0.15) is 33.6 Å². The van der Waals surface area contributed by atoms with Crippen LogP contribution in [0.25, 0.3) is 0 Å². The van der Waals surface area contributed by atoms with Crippen molar-refractivity contribution in [3.05, 3.63) is 5.89 Å². The van der Waals surface area contributed by atoms with Crippen LogP contribution in [0.2, 0.25) is 0 Å². The Hall–Kier alpha value is -1.14. The lowest BCUT2D eigenvalue weighted by atomic mass is 9.88. The van der Waals surface area contributed by atoms with Crippen molar-refractivity contribution in [2.75, 3.05) is 25.6 Å². The maximum Gasteiger partial charge on any atom is 0.315 e. The van der Waals surface area contributed by atoms with E-state index in [1.54, 1.807) is 7.11 Å². The molecule has 0 aromatic carbocycles. The van der Waals surface area contributed by atoms with Crippen LogP contribution < -0.4 is 10.6 Å². The van der Waals surface area contributed by atoms with Crippen LogP contribution in [0.3, 0.4) is 0 Å². The number of nitrogens with one attached hydrogen (secondary N) is 2. The van der Waals surface area contributed by atoms with Gasteiger partial charge < -0.3 is 19.8 Å². The third kappa shape index (κ3) is 5.01. The Morgan fingerprint density at radius 2 is 2.06 bits per heavy atom. The molecule has 1 unspecified atom stereocenters. The number of methoxy groups -OCH3 is 1. The number of ether oxygens (including phenoxy) is 1. The third-order valence-corrected chi connectivity index (χ3v) is 2.87. The van der Waals surface area contributed by atoms with Crippen molar-refractivity contribution in [2.24, 2.45) is 5.41 Å². The number of nitrogens with zero attached hydrogens (tertiary/aromatic N) is 2. The van der Waals surface area contributed by atoms with Crippen molar-refractivity contribution in [1.82, 2.24) is 15.5 Å². The molecule has 1 rings (SSSR count). The van der Waals surface area contributed by atoms with Crippen LogP contribution >= 0.6 is 0 Å². The summed E-state index contributed by atoms with van der Waals surface area (Å²) in [7, 11) is 1.67. The molecule has 0 amide bonds. The Bertz CT molecular complexity index is 346. The van der Waals surface area contributed by atoms with E-state index in [0.29, 0.717) is 25.1 Å². The predicted molar refractivity (Wildman–Crippen MR) is 70.4 cm³/mol. The summed E-state index contributed by atoms with van der Waals surface area (Å²) in [5.41, 5.74) is 0.144. The van der Waals surface area contributed by atoms with Crippen molar-refractivity contribution in [1.29, 1.82) is 0 Å². The molecule has 0 aliphatic heterocycles. The van der Waals surface area contributed by atoms with E-state index < -0.39 is 0 Å². The summed E-state index contributed by atoms with van der Waals surface area (Å²) in [6.07, 6.45) is 0. The van der Waals surface area contributed by atoms with Gasteiger partial charge in [0.15, 0.2) is 0 Å². The maximum atomic E-state index is 5.49. The Labute approximate surface area is 108 Å². The van der Waals surface area contributed by atoms with Crippen LogP contribution in [-0.2, 0) is 11.3 Å². The first-order chi connectivity index (χ1) is 8.43. The van der Waals surface area contributed by atoms with E-state index in [2.05, 4.69) is 48.5 Å². The van der Waals surface area contributed by atoms with Gasteiger partial charge in [-0.2, -0.15) is 0 Å². The summed E-state index contributed by atoms with van der Waals surface area (Å²) in [6, 6.07) is 0.730. The highest BCUT2D eigenvalue weighted by atomic mass is 16.5. The lowest BCUT2D eigenvalue weighted by Crippen LogP contribution is -2.30. The van der Waals surface area contributed by atoms with Crippen molar-refractivity contribution >= 4 is 6.01 Å². The van der Waals surface area contributed by atoms with Gasteiger partial charge in [0, 0.05) is 19.7 Å². The normalized spacial score (nSPS) is 13.6. The van der Waals surface area contributed by atoms with Gasteiger partial charge >= 0.3 is 6.01 Å². The lowest BCUT2D eigenvalue weighted by molar-refractivity contribution is 0.198. The second kappa shape index (κ2) is 6.70. The number of anilines is 1. The van der Waals surface area contributed by atoms with E-state index in [-0.39, 0.29) is 11.5 Å². The first-order valence-electron chi connectivity index (χ1n) is 6.22. The molecule has 6 nitrogen and oxygen atoms in total. The Morgan fingerprint density at radius 1 is 1.33 bits per heavy atom. The second-order valence-electron chi connectivity index (χ2n) is 5.40. The number of hydrogen-bond donors (Lipinski definition) is 2. The van der Waals surface area contributed by atoms with E-state index in [1.165, 1.54) is 0 Å². The van der Waals surface area contributed by atoms with Crippen LogP contribution in [-0.4, -0.2) is 36.5 Å². The molecule has 0 spiro atoms. The van der Waals surface area contributed by atoms with Crippen molar-refractivity contribution in [3.63, 3.8) is 0 Å². The average molecular weight is 256 g/mol. The smallest absolute Gasteiger partial charge is 0.315 e. The Morgan fingerprint density at radius 3 is 2.67 bits per heavy atom. The van der Waals surface area contributed by atoms with E-state index in [0.717, 1.165) is 6.54 Å². The highest BCUT2D eigenvalue weighted by Gasteiger charge is 2.21. The fourth-order valence-corrected chi connectivity index (χ4v) is 1.15. The van der Waals surface area contributed by atoms with Gasteiger partial charge in [0.25, 0.3) is 0 Å². The lowest BCUT2D eigenvalue weighted by Gasteiger charge is -2.26. The van der Waals surface area contributed by atoms with Gasteiger partial charge in [-0.05, 0) is 12.3 Å². The van der Waals surface area contributed by atoms with E-state index >= 15 is 0 Å². The molecule has 1 heterocycles. The molecule has 0 aliphatic carbocycles. The maximum absolute atomic E-state index is 5.49.